The molecule has 1 saturated heterocycles. The molecule has 0 bridgehead atoms. The van der Waals surface area contributed by atoms with Crippen LogP contribution >= 0.6 is 0 Å². The molecule has 3 rings (SSSR count). The van der Waals surface area contributed by atoms with E-state index in [1.165, 1.54) is 36.4 Å². The summed E-state index contributed by atoms with van der Waals surface area (Å²) in [7, 11) is 0. The Morgan fingerprint density at radius 2 is 1.77 bits per heavy atom. The van der Waals surface area contributed by atoms with Gasteiger partial charge < -0.3 is 4.90 Å². The predicted octanol–water partition coefficient (Wildman–Crippen LogP) is 4.62. The molecule has 0 atom stereocenters. The van der Waals surface area contributed by atoms with Crippen LogP contribution in [0.1, 0.15) is 35.2 Å². The molecule has 0 unspecified atom stereocenters. The van der Waals surface area contributed by atoms with Crippen molar-refractivity contribution in [1.82, 2.24) is 0 Å². The molecule has 0 N–H and O–H groups in total. The van der Waals surface area contributed by atoms with E-state index in [0.29, 0.717) is 16.8 Å². The van der Waals surface area contributed by atoms with Crippen LogP contribution in [0.4, 0.5) is 15.8 Å². The molecule has 0 saturated carbocycles. The van der Waals surface area contributed by atoms with Gasteiger partial charge in [-0.3, -0.25) is 14.9 Å². The van der Waals surface area contributed by atoms with Crippen LogP contribution in [0.25, 0.3) is 6.08 Å². The molecule has 0 aromatic heterocycles. The molecule has 134 valence electrons. The first-order valence-corrected chi connectivity index (χ1v) is 8.56. The van der Waals surface area contributed by atoms with Gasteiger partial charge in [-0.2, -0.15) is 0 Å². The van der Waals surface area contributed by atoms with E-state index >= 15 is 0 Å². The zero-order valence-corrected chi connectivity index (χ0v) is 14.2. The van der Waals surface area contributed by atoms with E-state index in [9.17, 15) is 19.3 Å². The van der Waals surface area contributed by atoms with Crippen molar-refractivity contribution in [3.05, 3.63) is 75.6 Å². The molecule has 0 radical (unpaired) electrons. The normalized spacial score (nSPS) is 14.6. The van der Waals surface area contributed by atoms with E-state index in [2.05, 4.69) is 0 Å². The molecule has 5 nitrogen and oxygen atoms in total. The molecule has 1 aliphatic rings. The van der Waals surface area contributed by atoms with Crippen molar-refractivity contribution in [2.75, 3.05) is 18.0 Å². The van der Waals surface area contributed by atoms with E-state index in [1.54, 1.807) is 18.2 Å². The van der Waals surface area contributed by atoms with Crippen molar-refractivity contribution < 1.29 is 14.1 Å². The smallest absolute Gasteiger partial charge is 0.293 e. The number of anilines is 1. The fourth-order valence-corrected chi connectivity index (χ4v) is 3.07. The molecule has 1 heterocycles. The first-order valence-electron chi connectivity index (χ1n) is 8.56. The maximum atomic E-state index is 12.9. The molecule has 2 aromatic carbocycles. The summed E-state index contributed by atoms with van der Waals surface area (Å²) in [6.07, 6.45) is 6.10. The number of benzene rings is 2. The minimum atomic E-state index is -0.408. The van der Waals surface area contributed by atoms with Crippen LogP contribution in [0.3, 0.4) is 0 Å². The van der Waals surface area contributed by atoms with Crippen molar-refractivity contribution >= 4 is 23.2 Å². The first kappa shape index (κ1) is 17.8. The molecule has 2 aromatic rings. The van der Waals surface area contributed by atoms with Gasteiger partial charge in [0.25, 0.3) is 5.69 Å². The van der Waals surface area contributed by atoms with Crippen LogP contribution < -0.4 is 4.90 Å². The van der Waals surface area contributed by atoms with Gasteiger partial charge in [0.2, 0.25) is 0 Å². The quantitative estimate of drug-likeness (QED) is 0.340. The Labute approximate surface area is 150 Å². The highest BCUT2D eigenvalue weighted by Crippen LogP contribution is 2.31. The van der Waals surface area contributed by atoms with Gasteiger partial charge in [0, 0.05) is 24.7 Å². The number of ketones is 1. The molecule has 0 spiro atoms. The van der Waals surface area contributed by atoms with Gasteiger partial charge in [0.15, 0.2) is 5.78 Å². The van der Waals surface area contributed by atoms with Crippen LogP contribution in [0.5, 0.6) is 0 Å². The Morgan fingerprint density at radius 1 is 1.08 bits per heavy atom. The second-order valence-electron chi connectivity index (χ2n) is 6.26. The lowest BCUT2D eigenvalue weighted by molar-refractivity contribution is -0.384. The van der Waals surface area contributed by atoms with Gasteiger partial charge in [-0.05, 0) is 61.2 Å². The van der Waals surface area contributed by atoms with Crippen LogP contribution in [-0.4, -0.2) is 23.8 Å². The van der Waals surface area contributed by atoms with Crippen LogP contribution in [0.2, 0.25) is 0 Å². The fourth-order valence-electron chi connectivity index (χ4n) is 3.07. The summed E-state index contributed by atoms with van der Waals surface area (Å²) in [6, 6.07) is 10.3. The first-order chi connectivity index (χ1) is 12.5. The average Bonchev–Trinajstić information content (AvgIpc) is 2.67. The number of nitrogens with zero attached hydrogens (tertiary/aromatic N) is 2. The molecular weight excluding hydrogens is 335 g/mol. The number of allylic oxidation sites excluding steroid dienone is 1. The highest BCUT2D eigenvalue weighted by Gasteiger charge is 2.21. The van der Waals surface area contributed by atoms with Crippen molar-refractivity contribution in [3.63, 3.8) is 0 Å². The van der Waals surface area contributed by atoms with E-state index in [1.807, 2.05) is 4.90 Å². The van der Waals surface area contributed by atoms with Crippen molar-refractivity contribution in [2.45, 2.75) is 19.3 Å². The number of nitro benzene ring substituents is 1. The second kappa shape index (κ2) is 7.91. The molecule has 0 amide bonds. The van der Waals surface area contributed by atoms with Gasteiger partial charge in [0.1, 0.15) is 11.5 Å². The SMILES string of the molecule is O=C(/C=C/c1ccc(N2CCCCC2)c([N+](=O)[O-])c1)c1ccc(F)cc1. The number of rotatable bonds is 5. The average molecular weight is 354 g/mol. The van der Waals surface area contributed by atoms with E-state index in [0.717, 1.165) is 32.4 Å². The van der Waals surface area contributed by atoms with Gasteiger partial charge in [-0.25, -0.2) is 4.39 Å². The number of nitro groups is 1. The Hall–Kier alpha value is -3.02. The van der Waals surface area contributed by atoms with Crippen molar-refractivity contribution in [3.8, 4) is 0 Å². The summed E-state index contributed by atoms with van der Waals surface area (Å²) in [5, 5.41) is 11.5. The lowest BCUT2D eigenvalue weighted by atomic mass is 10.1. The number of halogens is 1. The zero-order valence-electron chi connectivity index (χ0n) is 14.2. The minimum absolute atomic E-state index is 0.0447. The maximum Gasteiger partial charge on any atom is 0.293 e. The fraction of sp³-hybridized carbons (Fsp3) is 0.250. The summed E-state index contributed by atoms with van der Waals surface area (Å²) in [5.74, 6) is -0.692. The highest BCUT2D eigenvalue weighted by molar-refractivity contribution is 6.06. The molecule has 1 aliphatic heterocycles. The maximum absolute atomic E-state index is 12.9. The van der Waals surface area contributed by atoms with E-state index in [-0.39, 0.29) is 16.4 Å². The monoisotopic (exact) mass is 354 g/mol. The number of hydrogen-bond donors (Lipinski definition) is 0. The van der Waals surface area contributed by atoms with Crippen molar-refractivity contribution in [1.29, 1.82) is 0 Å². The van der Waals surface area contributed by atoms with Gasteiger partial charge >= 0.3 is 0 Å². The summed E-state index contributed by atoms with van der Waals surface area (Å²) < 4.78 is 12.9. The molecule has 26 heavy (non-hydrogen) atoms. The van der Waals surface area contributed by atoms with Gasteiger partial charge in [-0.1, -0.05) is 12.1 Å². The molecular formula is C20H19FN2O3. The summed E-state index contributed by atoms with van der Waals surface area (Å²) >= 11 is 0. The van der Waals surface area contributed by atoms with Crippen LogP contribution in [-0.2, 0) is 0 Å². The third-order valence-electron chi connectivity index (χ3n) is 4.45. The number of carbonyl (C=O) groups excluding carboxylic acids is 1. The molecule has 0 aliphatic carbocycles. The number of piperidine rings is 1. The summed E-state index contributed by atoms with van der Waals surface area (Å²) in [5.41, 5.74) is 1.61. The second-order valence-corrected chi connectivity index (χ2v) is 6.26. The largest absolute Gasteiger partial charge is 0.366 e. The predicted molar refractivity (Wildman–Crippen MR) is 98.9 cm³/mol. The van der Waals surface area contributed by atoms with E-state index in [4.69, 9.17) is 0 Å². The third kappa shape index (κ3) is 4.14. The zero-order chi connectivity index (χ0) is 18.5. The van der Waals surface area contributed by atoms with Gasteiger partial charge in [0.05, 0.1) is 4.92 Å². The summed E-state index contributed by atoms with van der Waals surface area (Å²) in [4.78, 5) is 25.2. The third-order valence-corrected chi connectivity index (χ3v) is 4.45. The Kier molecular flexibility index (Phi) is 5.41. The standard InChI is InChI=1S/C20H19FN2O3/c21-17-8-6-16(7-9-17)20(24)11-5-15-4-10-18(19(14-15)23(25)26)22-12-2-1-3-13-22/h4-11,14H,1-3,12-13H2/b11-5+. The number of carbonyl (C=O) groups is 1. The molecule has 6 heteroatoms. The lowest BCUT2D eigenvalue weighted by Gasteiger charge is -2.28. The number of hydrogen-bond acceptors (Lipinski definition) is 4. The topological polar surface area (TPSA) is 63.5 Å². The van der Waals surface area contributed by atoms with E-state index < -0.39 is 5.82 Å². The Morgan fingerprint density at radius 3 is 2.42 bits per heavy atom. The van der Waals surface area contributed by atoms with Crippen molar-refractivity contribution in [2.24, 2.45) is 0 Å². The Bertz CT molecular complexity index is 841. The van der Waals surface area contributed by atoms with Crippen LogP contribution in [0, 0.1) is 15.9 Å². The molecule has 1 fully saturated rings. The minimum Gasteiger partial charge on any atom is -0.366 e. The highest BCUT2D eigenvalue weighted by atomic mass is 19.1. The lowest BCUT2D eigenvalue weighted by Crippen LogP contribution is -2.29. The van der Waals surface area contributed by atoms with Crippen LogP contribution in [0.15, 0.2) is 48.5 Å². The Balaban J connectivity index is 1.81. The van der Waals surface area contributed by atoms with Gasteiger partial charge in [-0.15, -0.1) is 0 Å². The summed E-state index contributed by atoms with van der Waals surface area (Å²) in [6.45, 7) is 1.64.